The van der Waals surface area contributed by atoms with E-state index in [0.29, 0.717) is 0 Å². The summed E-state index contributed by atoms with van der Waals surface area (Å²) < 4.78 is 5.69. The van der Waals surface area contributed by atoms with Gasteiger partial charge >= 0.3 is 0 Å². The lowest BCUT2D eigenvalue weighted by atomic mass is 9.99. The van der Waals surface area contributed by atoms with Crippen molar-refractivity contribution in [2.75, 3.05) is 6.61 Å². The minimum atomic E-state index is -0.0963. The molecular weight excluding hydrogens is 298 g/mol. The summed E-state index contributed by atoms with van der Waals surface area (Å²) in [6.45, 7) is 10.3. The Morgan fingerprint density at radius 1 is 1.00 bits per heavy atom. The molecule has 0 radical (unpaired) electrons. The highest BCUT2D eigenvalue weighted by Crippen LogP contribution is 2.21. The molecule has 2 rings (SSSR count). The smallest absolute Gasteiger partial charge is 0.258 e. The highest BCUT2D eigenvalue weighted by atomic mass is 16.5. The second kappa shape index (κ2) is 8.00. The summed E-state index contributed by atoms with van der Waals surface area (Å²) in [7, 11) is 0. The summed E-state index contributed by atoms with van der Waals surface area (Å²) in [4.78, 5) is 12.3. The van der Waals surface area contributed by atoms with Crippen molar-refractivity contribution in [1.29, 1.82) is 0 Å². The van der Waals surface area contributed by atoms with Crippen LogP contribution >= 0.6 is 0 Å². The second-order valence-electron chi connectivity index (χ2n) is 6.43. The fraction of sp³-hybridized carbons (Fsp3) is 0.381. The number of amides is 1. The fourth-order valence-electron chi connectivity index (χ4n) is 2.64. The van der Waals surface area contributed by atoms with E-state index in [9.17, 15) is 4.79 Å². The number of carbonyl (C=O) groups excluding carboxylic acids is 1. The van der Waals surface area contributed by atoms with Crippen molar-refractivity contribution in [3.63, 3.8) is 0 Å². The Kier molecular flexibility index (Phi) is 6.02. The first kappa shape index (κ1) is 18.1. The lowest BCUT2D eigenvalue weighted by Crippen LogP contribution is -2.32. The summed E-state index contributed by atoms with van der Waals surface area (Å²) in [6, 6.07) is 12.4. The molecule has 1 amide bonds. The van der Waals surface area contributed by atoms with Gasteiger partial charge in [0.15, 0.2) is 6.61 Å². The molecule has 0 bridgehead atoms. The van der Waals surface area contributed by atoms with Crippen LogP contribution in [0.4, 0.5) is 0 Å². The van der Waals surface area contributed by atoms with Crippen LogP contribution in [0.3, 0.4) is 0 Å². The number of carbonyl (C=O) groups is 1. The van der Waals surface area contributed by atoms with Gasteiger partial charge in [0.25, 0.3) is 5.91 Å². The topological polar surface area (TPSA) is 38.3 Å². The summed E-state index contributed by atoms with van der Waals surface area (Å²) in [5.41, 5.74) is 5.80. The Morgan fingerprint density at radius 2 is 1.71 bits per heavy atom. The van der Waals surface area contributed by atoms with Gasteiger partial charge in [0.05, 0.1) is 6.04 Å². The number of hydrogen-bond acceptors (Lipinski definition) is 2. The Hall–Kier alpha value is -2.29. The molecule has 0 fully saturated rings. The van der Waals surface area contributed by atoms with Crippen molar-refractivity contribution in [2.45, 2.75) is 47.1 Å². The Balaban J connectivity index is 1.99. The molecule has 0 unspecified atom stereocenters. The van der Waals surface area contributed by atoms with Crippen molar-refractivity contribution < 1.29 is 9.53 Å². The van der Waals surface area contributed by atoms with Gasteiger partial charge in [-0.3, -0.25) is 4.79 Å². The van der Waals surface area contributed by atoms with E-state index in [2.05, 4.69) is 44.3 Å². The summed E-state index contributed by atoms with van der Waals surface area (Å²) in [5.74, 6) is 0.672. The van der Waals surface area contributed by atoms with Crippen LogP contribution < -0.4 is 10.1 Å². The first-order valence-corrected chi connectivity index (χ1v) is 8.47. The third-order valence-corrected chi connectivity index (χ3v) is 4.38. The van der Waals surface area contributed by atoms with E-state index in [1.807, 2.05) is 32.0 Å². The fourth-order valence-corrected chi connectivity index (χ4v) is 2.64. The van der Waals surface area contributed by atoms with Crippen molar-refractivity contribution in [2.24, 2.45) is 0 Å². The molecule has 0 saturated heterocycles. The van der Waals surface area contributed by atoms with E-state index >= 15 is 0 Å². The zero-order chi connectivity index (χ0) is 17.7. The SMILES string of the molecule is CC[C@@H](NC(=O)COc1cc(C)ccc1C)c1ccc(C)c(C)c1. The van der Waals surface area contributed by atoms with Crippen LogP contribution in [0, 0.1) is 27.7 Å². The van der Waals surface area contributed by atoms with Crippen molar-refractivity contribution >= 4 is 5.91 Å². The van der Waals surface area contributed by atoms with E-state index in [1.165, 1.54) is 11.1 Å². The van der Waals surface area contributed by atoms with Crippen molar-refractivity contribution in [3.8, 4) is 5.75 Å². The minimum Gasteiger partial charge on any atom is -0.483 e. The number of hydrogen-bond donors (Lipinski definition) is 1. The minimum absolute atomic E-state index is 0.0130. The molecule has 128 valence electrons. The standard InChI is InChI=1S/C21H27NO2/c1-6-19(18-10-9-15(3)17(5)12-18)22-21(23)13-24-20-11-14(2)7-8-16(20)4/h7-12,19H,6,13H2,1-5H3,(H,22,23)/t19-/m1/s1. The molecule has 3 nitrogen and oxygen atoms in total. The van der Waals surface area contributed by atoms with Crippen LogP contribution in [0.5, 0.6) is 5.75 Å². The second-order valence-corrected chi connectivity index (χ2v) is 6.43. The van der Waals surface area contributed by atoms with Gasteiger partial charge in [-0.2, -0.15) is 0 Å². The molecule has 0 saturated carbocycles. The van der Waals surface area contributed by atoms with Gasteiger partial charge in [-0.15, -0.1) is 0 Å². The maximum absolute atomic E-state index is 12.3. The van der Waals surface area contributed by atoms with E-state index in [0.717, 1.165) is 28.9 Å². The molecule has 0 aliphatic heterocycles. The van der Waals surface area contributed by atoms with Crippen LogP contribution in [0.1, 0.15) is 47.2 Å². The maximum atomic E-state index is 12.3. The van der Waals surface area contributed by atoms with E-state index in [-0.39, 0.29) is 18.6 Å². The average Bonchev–Trinajstić information content (AvgIpc) is 2.56. The lowest BCUT2D eigenvalue weighted by Gasteiger charge is -2.19. The first-order chi connectivity index (χ1) is 11.4. The van der Waals surface area contributed by atoms with Crippen molar-refractivity contribution in [3.05, 3.63) is 64.2 Å². The van der Waals surface area contributed by atoms with Gasteiger partial charge in [0, 0.05) is 0 Å². The van der Waals surface area contributed by atoms with Gasteiger partial charge in [-0.05, 0) is 68.0 Å². The largest absolute Gasteiger partial charge is 0.483 e. The normalized spacial score (nSPS) is 11.9. The summed E-state index contributed by atoms with van der Waals surface area (Å²) in [5, 5.41) is 3.07. The molecule has 0 spiro atoms. The summed E-state index contributed by atoms with van der Waals surface area (Å²) in [6.07, 6.45) is 0.845. The van der Waals surface area contributed by atoms with Crippen LogP contribution in [0.25, 0.3) is 0 Å². The predicted molar refractivity (Wildman–Crippen MR) is 98.5 cm³/mol. The van der Waals surface area contributed by atoms with Crippen LogP contribution in [-0.2, 0) is 4.79 Å². The van der Waals surface area contributed by atoms with Crippen LogP contribution in [-0.4, -0.2) is 12.5 Å². The summed E-state index contributed by atoms with van der Waals surface area (Å²) >= 11 is 0. The highest BCUT2D eigenvalue weighted by molar-refractivity contribution is 5.78. The number of aryl methyl sites for hydroxylation is 4. The van der Waals surface area contributed by atoms with E-state index < -0.39 is 0 Å². The molecule has 1 N–H and O–H groups in total. The third kappa shape index (κ3) is 4.60. The predicted octanol–water partition coefficient (Wildman–Crippen LogP) is 4.57. The molecule has 0 aliphatic carbocycles. The highest BCUT2D eigenvalue weighted by Gasteiger charge is 2.14. The van der Waals surface area contributed by atoms with Crippen LogP contribution in [0.15, 0.2) is 36.4 Å². The van der Waals surface area contributed by atoms with E-state index in [1.54, 1.807) is 0 Å². The molecule has 0 aromatic heterocycles. The van der Waals surface area contributed by atoms with Gasteiger partial charge in [0.1, 0.15) is 5.75 Å². The number of rotatable bonds is 6. The van der Waals surface area contributed by atoms with Gasteiger partial charge in [0.2, 0.25) is 0 Å². The number of benzene rings is 2. The molecule has 0 heterocycles. The Morgan fingerprint density at radius 3 is 2.38 bits per heavy atom. The monoisotopic (exact) mass is 325 g/mol. The van der Waals surface area contributed by atoms with E-state index in [4.69, 9.17) is 4.74 Å². The van der Waals surface area contributed by atoms with Crippen LogP contribution in [0.2, 0.25) is 0 Å². The van der Waals surface area contributed by atoms with Gasteiger partial charge in [-0.25, -0.2) is 0 Å². The zero-order valence-electron chi connectivity index (χ0n) is 15.3. The molecule has 2 aromatic carbocycles. The van der Waals surface area contributed by atoms with Gasteiger partial charge in [-0.1, -0.05) is 37.3 Å². The molecular formula is C21H27NO2. The molecule has 3 heteroatoms. The van der Waals surface area contributed by atoms with Crippen molar-refractivity contribution in [1.82, 2.24) is 5.32 Å². The Bertz CT molecular complexity index is 722. The molecule has 24 heavy (non-hydrogen) atoms. The maximum Gasteiger partial charge on any atom is 0.258 e. The lowest BCUT2D eigenvalue weighted by molar-refractivity contribution is -0.123. The number of ether oxygens (including phenoxy) is 1. The molecule has 0 aliphatic rings. The third-order valence-electron chi connectivity index (χ3n) is 4.38. The quantitative estimate of drug-likeness (QED) is 0.845. The Labute approximate surface area is 145 Å². The zero-order valence-corrected chi connectivity index (χ0v) is 15.3. The molecule has 2 aromatic rings. The van der Waals surface area contributed by atoms with Gasteiger partial charge < -0.3 is 10.1 Å². The average molecular weight is 325 g/mol. The first-order valence-electron chi connectivity index (χ1n) is 8.47. The number of nitrogens with one attached hydrogen (secondary N) is 1. The molecule has 1 atom stereocenters.